The van der Waals surface area contributed by atoms with Gasteiger partial charge in [-0.05, 0) is 32.8 Å². The smallest absolute Gasteiger partial charge is 0.136 e. The Morgan fingerprint density at radius 2 is 1.28 bits per heavy atom. The fourth-order valence-electron chi connectivity index (χ4n) is 4.40. The van der Waals surface area contributed by atoms with Crippen LogP contribution in [0.5, 0.6) is 0 Å². The highest BCUT2D eigenvalue weighted by Gasteiger charge is 2.39. The van der Waals surface area contributed by atoms with Gasteiger partial charge in [0.2, 0.25) is 0 Å². The van der Waals surface area contributed by atoms with Crippen molar-refractivity contribution in [3.8, 4) is 0 Å². The molecule has 4 nitrogen and oxygen atoms in total. The molecule has 0 aliphatic carbocycles. The molecule has 0 unspecified atom stereocenters. The van der Waals surface area contributed by atoms with E-state index in [2.05, 4.69) is 59.1 Å². The van der Waals surface area contributed by atoms with Crippen molar-refractivity contribution in [1.29, 1.82) is 0 Å². The summed E-state index contributed by atoms with van der Waals surface area (Å²) in [6.45, 7) is 6.38. The van der Waals surface area contributed by atoms with Crippen LogP contribution in [0.25, 0.3) is 0 Å². The van der Waals surface area contributed by atoms with Gasteiger partial charge in [0.1, 0.15) is 5.69 Å². The van der Waals surface area contributed by atoms with Crippen molar-refractivity contribution in [2.24, 2.45) is 0 Å². The average Bonchev–Trinajstić information content (AvgIpc) is 2.73. The van der Waals surface area contributed by atoms with E-state index >= 15 is 0 Å². The first-order valence-corrected chi connectivity index (χ1v) is 14.4. The van der Waals surface area contributed by atoms with Crippen LogP contribution in [-0.2, 0) is 16.5 Å². The molecule has 0 atom stereocenters. The molecule has 0 aliphatic rings. The van der Waals surface area contributed by atoms with Gasteiger partial charge in [-0.15, -0.1) is 0 Å². The zero-order chi connectivity index (χ0) is 24.1. The van der Waals surface area contributed by atoms with Crippen molar-refractivity contribution in [1.82, 2.24) is 4.48 Å². The molecular weight excluding hydrogens is 418 g/mol. The van der Waals surface area contributed by atoms with E-state index in [0.29, 0.717) is 10.9 Å². The van der Waals surface area contributed by atoms with Crippen molar-refractivity contribution in [3.05, 3.63) is 29.8 Å². The third-order valence-electron chi connectivity index (χ3n) is 7.37. The van der Waals surface area contributed by atoms with E-state index in [1.54, 1.807) is 0 Å². The number of aryl methyl sites for hydroxylation is 1. The molecule has 1 rings (SSSR count). The first-order chi connectivity index (χ1) is 15.0. The minimum absolute atomic E-state index is 0.317. The molecule has 0 N–H and O–H groups in total. The molecule has 1 aromatic carbocycles. The van der Waals surface area contributed by atoms with Crippen molar-refractivity contribution in [3.63, 3.8) is 0 Å². The second kappa shape index (κ2) is 14.4. The van der Waals surface area contributed by atoms with Crippen LogP contribution in [0.3, 0.4) is 0 Å². The van der Waals surface area contributed by atoms with Gasteiger partial charge in [0.25, 0.3) is 0 Å². The minimum atomic E-state index is -4.20. The molecule has 5 heteroatoms. The second-order valence-electron chi connectivity index (χ2n) is 10.5. The highest BCUT2D eigenvalue weighted by molar-refractivity contribution is 7.85. The van der Waals surface area contributed by atoms with Gasteiger partial charge in [0, 0.05) is 17.7 Å². The Balaban J connectivity index is 2.45. The second-order valence-corrected chi connectivity index (χ2v) is 12.1. The van der Waals surface area contributed by atoms with Crippen molar-refractivity contribution >= 4 is 15.8 Å². The Morgan fingerprint density at radius 1 is 0.812 bits per heavy atom. The molecule has 0 radical (unpaired) electrons. The van der Waals surface area contributed by atoms with Crippen molar-refractivity contribution in [2.45, 2.75) is 116 Å². The molecule has 0 saturated heterocycles. The van der Waals surface area contributed by atoms with Crippen LogP contribution >= 0.6 is 0 Å². The van der Waals surface area contributed by atoms with Gasteiger partial charge in [-0.3, -0.25) is 4.48 Å². The maximum absolute atomic E-state index is 11.2. The minimum Gasteiger partial charge on any atom is -0.748 e. The summed E-state index contributed by atoms with van der Waals surface area (Å²) in [7, 11) is 0.0424. The van der Waals surface area contributed by atoms with Crippen LogP contribution in [0.2, 0.25) is 0 Å². The summed E-state index contributed by atoms with van der Waals surface area (Å²) < 4.78 is 34.1. The topological polar surface area (TPSA) is 57.2 Å². The summed E-state index contributed by atoms with van der Waals surface area (Å²) >= 11 is 0. The Kier molecular flexibility index (Phi) is 13.1. The number of para-hydroxylation sites is 1. The number of hydrogen-bond acceptors (Lipinski definition) is 3. The maximum atomic E-state index is 11.2. The van der Waals surface area contributed by atoms with Crippen molar-refractivity contribution < 1.29 is 13.0 Å². The first kappa shape index (κ1) is 29.1. The van der Waals surface area contributed by atoms with Gasteiger partial charge in [-0.1, -0.05) is 95.8 Å². The van der Waals surface area contributed by atoms with E-state index in [1.807, 2.05) is 0 Å². The third-order valence-corrected chi connectivity index (χ3v) is 8.07. The fraction of sp³-hybridized carbons (Fsp3) is 0.778. The van der Waals surface area contributed by atoms with Gasteiger partial charge in [0.05, 0.1) is 29.8 Å². The lowest BCUT2D eigenvalue weighted by Gasteiger charge is -2.45. The molecule has 0 aromatic heterocycles. The van der Waals surface area contributed by atoms with E-state index in [9.17, 15) is 13.0 Å². The Bertz CT molecular complexity index is 741. The van der Waals surface area contributed by atoms with Gasteiger partial charge < -0.3 is 4.55 Å². The summed E-state index contributed by atoms with van der Waals surface area (Å²) in [4.78, 5) is 0. The fourth-order valence-corrected chi connectivity index (χ4v) is 5.15. The van der Waals surface area contributed by atoms with Crippen LogP contribution < -0.4 is 4.48 Å². The highest BCUT2D eigenvalue weighted by Crippen LogP contribution is 2.35. The van der Waals surface area contributed by atoms with E-state index in [1.165, 1.54) is 88.3 Å². The highest BCUT2D eigenvalue weighted by atomic mass is 32.2. The van der Waals surface area contributed by atoms with E-state index in [-0.39, 0.29) is 11.3 Å². The number of nitrogens with zero attached hydrogens (tertiary/aromatic N) is 1. The summed E-state index contributed by atoms with van der Waals surface area (Å²) in [5.74, 6) is -0.317. The largest absolute Gasteiger partial charge is 0.748 e. The zero-order valence-electron chi connectivity index (χ0n) is 21.5. The molecule has 0 amide bonds. The lowest BCUT2D eigenvalue weighted by Crippen LogP contribution is -2.58. The van der Waals surface area contributed by atoms with Crippen LogP contribution in [0.15, 0.2) is 24.3 Å². The quantitative estimate of drug-likeness (QED) is 0.130. The molecule has 0 aliphatic heterocycles. The van der Waals surface area contributed by atoms with Gasteiger partial charge in [-0.25, -0.2) is 8.42 Å². The van der Waals surface area contributed by atoms with Crippen LogP contribution in [0.1, 0.15) is 110 Å². The molecule has 0 spiro atoms. The number of quaternary nitrogens is 1. The first-order valence-electron chi connectivity index (χ1n) is 12.9. The average molecular weight is 468 g/mol. The van der Waals surface area contributed by atoms with Crippen LogP contribution in [-0.4, -0.2) is 38.4 Å². The summed E-state index contributed by atoms with van der Waals surface area (Å²) in [6, 6.07) is 8.51. The Morgan fingerprint density at radius 3 is 1.78 bits per heavy atom. The lowest BCUT2D eigenvalue weighted by molar-refractivity contribution is 0.189. The molecule has 0 bridgehead atoms. The van der Waals surface area contributed by atoms with Gasteiger partial charge >= 0.3 is 0 Å². The number of unbranched alkanes of at least 4 members (excludes halogenated alkanes) is 11. The Hall–Kier alpha value is -0.910. The molecule has 0 fully saturated rings. The predicted octanol–water partition coefficient (Wildman–Crippen LogP) is 7.21. The number of benzene rings is 1. The van der Waals surface area contributed by atoms with E-state index < -0.39 is 10.1 Å². The standard InChI is InChI=1S/C27H49NO3S/c1-6-7-8-9-10-11-12-13-14-15-16-17-20-25-21-18-19-22-26(25)28(4,5)27(2,3)23-24-32(29,30)31/h18-19,21-22H,6-17,20,23-24H2,1-5H3. The Labute approximate surface area is 199 Å². The van der Waals surface area contributed by atoms with E-state index in [4.69, 9.17) is 0 Å². The predicted molar refractivity (Wildman–Crippen MR) is 138 cm³/mol. The molecular formula is C27H49NO3S. The third kappa shape index (κ3) is 10.8. The molecule has 0 saturated carbocycles. The van der Waals surface area contributed by atoms with Crippen LogP contribution in [0, 0.1) is 0 Å². The summed E-state index contributed by atoms with van der Waals surface area (Å²) in [6.07, 6.45) is 17.6. The number of rotatable bonds is 18. The zero-order valence-corrected chi connectivity index (χ0v) is 22.3. The SMILES string of the molecule is CCCCCCCCCCCCCCc1ccccc1[N+](C)(C)C(C)(C)CCS(=O)(=O)[O-]. The molecule has 1 aromatic rings. The van der Waals surface area contributed by atoms with Gasteiger partial charge in [-0.2, -0.15) is 0 Å². The molecule has 32 heavy (non-hydrogen) atoms. The van der Waals surface area contributed by atoms with Crippen molar-refractivity contribution in [2.75, 3.05) is 19.8 Å². The molecule has 186 valence electrons. The van der Waals surface area contributed by atoms with Crippen LogP contribution in [0.4, 0.5) is 5.69 Å². The van der Waals surface area contributed by atoms with Gasteiger partial charge in [0.15, 0.2) is 0 Å². The maximum Gasteiger partial charge on any atom is 0.136 e. The van der Waals surface area contributed by atoms with E-state index in [0.717, 1.165) is 6.42 Å². The number of hydrogen-bond donors (Lipinski definition) is 0. The molecule has 0 heterocycles. The lowest BCUT2D eigenvalue weighted by atomic mass is 9.93. The normalized spacial score (nSPS) is 12.9. The monoisotopic (exact) mass is 467 g/mol. The summed E-state index contributed by atoms with van der Waals surface area (Å²) in [5, 5.41) is 0. The summed E-state index contributed by atoms with van der Waals surface area (Å²) in [5.41, 5.74) is 2.20.